The van der Waals surface area contributed by atoms with E-state index in [1.54, 1.807) is 0 Å². The third-order valence-corrected chi connectivity index (χ3v) is 4.87. The Labute approximate surface area is 117 Å². The van der Waals surface area contributed by atoms with Crippen molar-refractivity contribution in [3.8, 4) is 0 Å². The van der Waals surface area contributed by atoms with Gasteiger partial charge in [-0.15, -0.1) is 0 Å². The fraction of sp³-hybridized carbons (Fsp3) is 0.933. The van der Waals surface area contributed by atoms with Crippen LogP contribution in [0.25, 0.3) is 0 Å². The van der Waals surface area contributed by atoms with E-state index in [2.05, 4.69) is 29.0 Å². The summed E-state index contributed by atoms with van der Waals surface area (Å²) in [6, 6.07) is 0.943. The molecular formula is C15H29N3O. The molecule has 4 nitrogen and oxygen atoms in total. The quantitative estimate of drug-likeness (QED) is 0.837. The van der Waals surface area contributed by atoms with E-state index in [1.165, 1.54) is 0 Å². The van der Waals surface area contributed by atoms with Gasteiger partial charge in [0.1, 0.15) is 0 Å². The largest absolute Gasteiger partial charge is 0.342 e. The van der Waals surface area contributed by atoms with Crippen LogP contribution in [0.4, 0.5) is 0 Å². The summed E-state index contributed by atoms with van der Waals surface area (Å²) in [5.74, 6) is 0.619. The Bertz CT molecular complexity index is 300. The van der Waals surface area contributed by atoms with Crippen LogP contribution in [0.2, 0.25) is 0 Å². The van der Waals surface area contributed by atoms with Crippen molar-refractivity contribution in [2.75, 3.05) is 33.2 Å². The molecule has 2 fully saturated rings. The van der Waals surface area contributed by atoms with Crippen LogP contribution in [-0.2, 0) is 4.79 Å². The Morgan fingerprint density at radius 2 is 2.00 bits per heavy atom. The molecule has 0 aromatic rings. The highest BCUT2D eigenvalue weighted by atomic mass is 16.2. The summed E-state index contributed by atoms with van der Waals surface area (Å²) >= 11 is 0. The molecule has 4 heteroatoms. The Balaban J connectivity index is 1.85. The Morgan fingerprint density at radius 1 is 1.32 bits per heavy atom. The molecular weight excluding hydrogens is 238 g/mol. The summed E-state index contributed by atoms with van der Waals surface area (Å²) in [5, 5.41) is 3.42. The topological polar surface area (TPSA) is 35.6 Å². The molecule has 2 aliphatic rings. The minimum atomic E-state index is 0.241. The third kappa shape index (κ3) is 3.69. The van der Waals surface area contributed by atoms with Crippen LogP contribution in [0.1, 0.15) is 39.5 Å². The highest BCUT2D eigenvalue weighted by Gasteiger charge is 2.31. The van der Waals surface area contributed by atoms with Gasteiger partial charge >= 0.3 is 0 Å². The van der Waals surface area contributed by atoms with Gasteiger partial charge in [0.25, 0.3) is 0 Å². The Morgan fingerprint density at radius 3 is 2.58 bits per heavy atom. The predicted octanol–water partition coefficient (Wildman–Crippen LogP) is 1.32. The molecule has 0 saturated carbocycles. The SMILES string of the molecule is CCN1CCC(N(C)C(=O)C2CCNC(C)C2)CC1. The summed E-state index contributed by atoms with van der Waals surface area (Å²) in [4.78, 5) is 17.1. The van der Waals surface area contributed by atoms with Gasteiger partial charge in [0.05, 0.1) is 0 Å². The van der Waals surface area contributed by atoms with Crippen molar-refractivity contribution in [3.05, 3.63) is 0 Å². The molecule has 1 amide bonds. The number of hydrogen-bond donors (Lipinski definition) is 1. The average molecular weight is 267 g/mol. The summed E-state index contributed by atoms with van der Waals surface area (Å²) in [5.41, 5.74) is 0. The van der Waals surface area contributed by atoms with Crippen molar-refractivity contribution in [1.82, 2.24) is 15.1 Å². The summed E-state index contributed by atoms with van der Waals surface area (Å²) in [6.07, 6.45) is 4.27. The first kappa shape index (κ1) is 14.8. The molecule has 2 heterocycles. The second kappa shape index (κ2) is 6.71. The van der Waals surface area contributed by atoms with E-state index in [1.807, 2.05) is 7.05 Å². The summed E-state index contributed by atoms with van der Waals surface area (Å²) in [6.45, 7) is 8.80. The highest BCUT2D eigenvalue weighted by Crippen LogP contribution is 2.22. The van der Waals surface area contributed by atoms with E-state index in [9.17, 15) is 4.79 Å². The maximum Gasteiger partial charge on any atom is 0.225 e. The third-order valence-electron chi connectivity index (χ3n) is 4.87. The molecule has 110 valence electrons. The van der Waals surface area contributed by atoms with E-state index >= 15 is 0 Å². The lowest BCUT2D eigenvalue weighted by molar-refractivity contribution is -0.138. The number of nitrogens with zero attached hydrogens (tertiary/aromatic N) is 2. The molecule has 2 saturated heterocycles. The monoisotopic (exact) mass is 267 g/mol. The van der Waals surface area contributed by atoms with Gasteiger partial charge in [0.2, 0.25) is 5.91 Å². The standard InChI is InChI=1S/C15H29N3O/c1-4-18-9-6-14(7-10-18)17(3)15(19)13-5-8-16-12(2)11-13/h12-14,16H,4-11H2,1-3H3. The minimum absolute atomic E-state index is 0.241. The van der Waals surface area contributed by atoms with Gasteiger partial charge in [-0.05, 0) is 45.7 Å². The molecule has 1 N–H and O–H groups in total. The van der Waals surface area contributed by atoms with Gasteiger partial charge in [0.15, 0.2) is 0 Å². The van der Waals surface area contributed by atoms with Crippen molar-refractivity contribution in [2.45, 2.75) is 51.6 Å². The lowest BCUT2D eigenvalue weighted by atomic mass is 9.91. The number of carbonyl (C=O) groups excluding carboxylic acids is 1. The molecule has 0 spiro atoms. The van der Waals surface area contributed by atoms with Crippen LogP contribution in [0, 0.1) is 5.92 Å². The number of nitrogens with one attached hydrogen (secondary N) is 1. The predicted molar refractivity (Wildman–Crippen MR) is 78.1 cm³/mol. The molecule has 2 atom stereocenters. The van der Waals surface area contributed by atoms with E-state index in [0.717, 1.165) is 51.9 Å². The zero-order valence-electron chi connectivity index (χ0n) is 12.7. The summed E-state index contributed by atoms with van der Waals surface area (Å²) in [7, 11) is 2.02. The van der Waals surface area contributed by atoms with Crippen LogP contribution >= 0.6 is 0 Å². The first-order valence-electron chi connectivity index (χ1n) is 7.84. The van der Waals surface area contributed by atoms with Crippen molar-refractivity contribution < 1.29 is 4.79 Å². The number of likely N-dealkylation sites (tertiary alicyclic amines) is 1. The maximum atomic E-state index is 12.6. The van der Waals surface area contributed by atoms with Crippen molar-refractivity contribution >= 4 is 5.91 Å². The molecule has 19 heavy (non-hydrogen) atoms. The van der Waals surface area contributed by atoms with E-state index < -0.39 is 0 Å². The van der Waals surface area contributed by atoms with Crippen LogP contribution in [0.3, 0.4) is 0 Å². The molecule has 2 unspecified atom stereocenters. The second-order valence-corrected chi connectivity index (χ2v) is 6.19. The first-order valence-corrected chi connectivity index (χ1v) is 7.84. The molecule has 0 bridgehead atoms. The van der Waals surface area contributed by atoms with Gasteiger partial charge < -0.3 is 15.1 Å². The minimum Gasteiger partial charge on any atom is -0.342 e. The molecule has 0 radical (unpaired) electrons. The van der Waals surface area contributed by atoms with E-state index in [0.29, 0.717) is 18.0 Å². The molecule has 2 rings (SSSR count). The zero-order valence-corrected chi connectivity index (χ0v) is 12.7. The van der Waals surface area contributed by atoms with Gasteiger partial charge in [-0.25, -0.2) is 0 Å². The summed E-state index contributed by atoms with van der Waals surface area (Å²) < 4.78 is 0. The lowest BCUT2D eigenvalue weighted by Crippen LogP contribution is -2.49. The zero-order chi connectivity index (χ0) is 13.8. The number of carbonyl (C=O) groups is 1. The molecule has 0 aromatic carbocycles. The lowest BCUT2D eigenvalue weighted by Gasteiger charge is -2.38. The van der Waals surface area contributed by atoms with Crippen molar-refractivity contribution in [2.24, 2.45) is 5.92 Å². The molecule has 0 aliphatic carbocycles. The second-order valence-electron chi connectivity index (χ2n) is 6.19. The number of hydrogen-bond acceptors (Lipinski definition) is 3. The number of rotatable bonds is 3. The molecule has 2 aliphatic heterocycles. The normalized spacial score (nSPS) is 30.3. The van der Waals surface area contributed by atoms with Gasteiger partial charge in [-0.3, -0.25) is 4.79 Å². The van der Waals surface area contributed by atoms with Crippen LogP contribution in [0.5, 0.6) is 0 Å². The maximum absolute atomic E-state index is 12.6. The van der Waals surface area contributed by atoms with Gasteiger partial charge in [-0.2, -0.15) is 0 Å². The fourth-order valence-corrected chi connectivity index (χ4v) is 3.45. The van der Waals surface area contributed by atoms with Crippen LogP contribution < -0.4 is 5.32 Å². The first-order chi connectivity index (χ1) is 9.11. The molecule has 0 aromatic heterocycles. The fourth-order valence-electron chi connectivity index (χ4n) is 3.45. The Hall–Kier alpha value is -0.610. The number of piperidine rings is 2. The van der Waals surface area contributed by atoms with Crippen molar-refractivity contribution in [1.29, 1.82) is 0 Å². The number of amides is 1. The average Bonchev–Trinajstić information content (AvgIpc) is 2.46. The van der Waals surface area contributed by atoms with E-state index in [-0.39, 0.29) is 5.92 Å². The Kier molecular flexibility index (Phi) is 5.22. The van der Waals surface area contributed by atoms with Crippen LogP contribution in [-0.4, -0.2) is 61.0 Å². The van der Waals surface area contributed by atoms with E-state index in [4.69, 9.17) is 0 Å². The van der Waals surface area contributed by atoms with Crippen LogP contribution in [0.15, 0.2) is 0 Å². The smallest absolute Gasteiger partial charge is 0.225 e. The van der Waals surface area contributed by atoms with Gasteiger partial charge in [-0.1, -0.05) is 6.92 Å². The van der Waals surface area contributed by atoms with Gasteiger partial charge in [0, 0.05) is 38.1 Å². The highest BCUT2D eigenvalue weighted by molar-refractivity contribution is 5.79. The van der Waals surface area contributed by atoms with Crippen molar-refractivity contribution in [3.63, 3.8) is 0 Å².